The zero-order valence-electron chi connectivity index (χ0n) is 13.1. The Balaban J connectivity index is 2.24. The van der Waals surface area contributed by atoms with Crippen molar-refractivity contribution in [3.63, 3.8) is 0 Å². The van der Waals surface area contributed by atoms with E-state index in [-0.39, 0.29) is 12.2 Å². The van der Waals surface area contributed by atoms with Gasteiger partial charge < -0.3 is 19.7 Å². The van der Waals surface area contributed by atoms with Crippen molar-refractivity contribution in [2.75, 3.05) is 38.8 Å². The Hall–Kier alpha value is -1.11. The van der Waals surface area contributed by atoms with Crippen LogP contribution in [0.4, 0.5) is 5.82 Å². The number of aryl methyl sites for hydroxylation is 2. The van der Waals surface area contributed by atoms with Crippen molar-refractivity contribution in [1.29, 1.82) is 0 Å². The number of anilines is 1. The monoisotopic (exact) mass is 282 g/mol. The average Bonchev–Trinajstić information content (AvgIpc) is 2.96. The Bertz CT molecular complexity index is 435. The van der Waals surface area contributed by atoms with Crippen molar-refractivity contribution in [3.8, 4) is 0 Å². The summed E-state index contributed by atoms with van der Waals surface area (Å²) in [5.41, 5.74) is 2.35. The minimum absolute atomic E-state index is 0.113. The van der Waals surface area contributed by atoms with Gasteiger partial charge in [0.25, 0.3) is 0 Å². The van der Waals surface area contributed by atoms with E-state index in [4.69, 9.17) is 9.47 Å². The molecular weight excluding hydrogens is 256 g/mol. The van der Waals surface area contributed by atoms with Crippen LogP contribution < -0.4 is 10.2 Å². The molecule has 1 aromatic heterocycles. The van der Waals surface area contributed by atoms with E-state index in [1.54, 1.807) is 14.2 Å². The zero-order valence-corrected chi connectivity index (χ0v) is 13.1. The molecule has 0 aromatic carbocycles. The second-order valence-corrected chi connectivity index (χ2v) is 5.24. The van der Waals surface area contributed by atoms with Crippen LogP contribution in [-0.4, -0.2) is 55.8 Å². The highest BCUT2D eigenvalue weighted by atomic mass is 16.5. The van der Waals surface area contributed by atoms with E-state index >= 15 is 0 Å². The second-order valence-electron chi connectivity index (χ2n) is 5.24. The molecule has 0 amide bonds. The summed E-state index contributed by atoms with van der Waals surface area (Å²) in [5.74, 6) is 1.17. The van der Waals surface area contributed by atoms with E-state index in [2.05, 4.69) is 29.2 Å². The predicted molar refractivity (Wildman–Crippen MR) is 79.1 cm³/mol. The van der Waals surface area contributed by atoms with Crippen LogP contribution in [0.2, 0.25) is 0 Å². The Morgan fingerprint density at radius 1 is 1.25 bits per heavy atom. The number of methoxy groups -OCH3 is 2. The highest BCUT2D eigenvalue weighted by Crippen LogP contribution is 2.28. The third-order valence-electron chi connectivity index (χ3n) is 3.99. The van der Waals surface area contributed by atoms with Gasteiger partial charge in [-0.2, -0.15) is 5.10 Å². The quantitative estimate of drug-likeness (QED) is 0.832. The molecule has 0 saturated carbocycles. The molecule has 1 fully saturated rings. The smallest absolute Gasteiger partial charge is 0.131 e. The van der Waals surface area contributed by atoms with Gasteiger partial charge in [0.1, 0.15) is 18.0 Å². The topological polar surface area (TPSA) is 51.6 Å². The van der Waals surface area contributed by atoms with E-state index in [1.807, 2.05) is 11.7 Å². The van der Waals surface area contributed by atoms with Crippen LogP contribution in [0.3, 0.4) is 0 Å². The van der Waals surface area contributed by atoms with Crippen LogP contribution in [0.15, 0.2) is 0 Å². The van der Waals surface area contributed by atoms with Crippen LogP contribution in [-0.2, 0) is 23.1 Å². The van der Waals surface area contributed by atoms with Gasteiger partial charge in [-0.05, 0) is 13.5 Å². The van der Waals surface area contributed by atoms with E-state index in [1.165, 1.54) is 11.4 Å². The van der Waals surface area contributed by atoms with Crippen molar-refractivity contribution in [2.45, 2.75) is 32.6 Å². The molecule has 6 heteroatoms. The second kappa shape index (κ2) is 6.56. The normalized spacial score (nSPS) is 22.8. The van der Waals surface area contributed by atoms with Gasteiger partial charge in [0, 0.05) is 46.5 Å². The molecule has 0 aliphatic carbocycles. The molecule has 6 nitrogen and oxygen atoms in total. The summed E-state index contributed by atoms with van der Waals surface area (Å²) in [6.45, 7) is 7.66. The lowest BCUT2D eigenvalue weighted by Crippen LogP contribution is -2.27. The van der Waals surface area contributed by atoms with Gasteiger partial charge in [-0.15, -0.1) is 0 Å². The van der Waals surface area contributed by atoms with Gasteiger partial charge in [-0.25, -0.2) is 0 Å². The van der Waals surface area contributed by atoms with Crippen LogP contribution in [0.5, 0.6) is 0 Å². The molecule has 2 heterocycles. The van der Waals surface area contributed by atoms with Crippen molar-refractivity contribution < 1.29 is 9.47 Å². The number of nitrogens with zero attached hydrogens (tertiary/aromatic N) is 3. The third kappa shape index (κ3) is 2.82. The highest BCUT2D eigenvalue weighted by molar-refractivity contribution is 5.51. The highest BCUT2D eigenvalue weighted by Gasteiger charge is 2.35. The summed E-state index contributed by atoms with van der Waals surface area (Å²) < 4.78 is 13.0. The molecule has 1 aliphatic heterocycles. The summed E-state index contributed by atoms with van der Waals surface area (Å²) in [7, 11) is 5.49. The summed E-state index contributed by atoms with van der Waals surface area (Å²) in [6.07, 6.45) is 0.226. The fraction of sp³-hybridized carbons (Fsp3) is 0.786. The first-order chi connectivity index (χ1) is 9.62. The SMILES string of the molecule is CCNCc1c(C)nn(C)c1N1CC(OC)C(OC)C1. The molecule has 0 radical (unpaired) electrons. The number of hydrogen-bond acceptors (Lipinski definition) is 5. The van der Waals surface area contributed by atoms with Gasteiger partial charge in [0.15, 0.2) is 0 Å². The molecule has 2 unspecified atom stereocenters. The number of aromatic nitrogens is 2. The lowest BCUT2D eigenvalue weighted by atomic mass is 10.2. The Morgan fingerprint density at radius 2 is 1.85 bits per heavy atom. The Morgan fingerprint density at radius 3 is 2.35 bits per heavy atom. The average molecular weight is 282 g/mol. The van der Waals surface area contributed by atoms with Crippen molar-refractivity contribution in [3.05, 3.63) is 11.3 Å². The molecule has 0 spiro atoms. The fourth-order valence-corrected chi connectivity index (χ4v) is 2.91. The molecule has 1 aliphatic rings. The summed E-state index contributed by atoms with van der Waals surface area (Å²) in [6, 6.07) is 0. The van der Waals surface area contributed by atoms with Gasteiger partial charge >= 0.3 is 0 Å². The van der Waals surface area contributed by atoms with Crippen LogP contribution >= 0.6 is 0 Å². The molecule has 2 atom stereocenters. The fourth-order valence-electron chi connectivity index (χ4n) is 2.91. The molecule has 20 heavy (non-hydrogen) atoms. The lowest BCUT2D eigenvalue weighted by molar-refractivity contribution is -0.00461. The Kier molecular flexibility index (Phi) is 5.01. The van der Waals surface area contributed by atoms with Crippen LogP contribution in [0.25, 0.3) is 0 Å². The van der Waals surface area contributed by atoms with Crippen LogP contribution in [0, 0.1) is 6.92 Å². The van der Waals surface area contributed by atoms with E-state index in [0.29, 0.717) is 0 Å². The molecule has 2 rings (SSSR count). The van der Waals surface area contributed by atoms with Crippen molar-refractivity contribution in [2.24, 2.45) is 7.05 Å². The first-order valence-electron chi connectivity index (χ1n) is 7.16. The number of hydrogen-bond donors (Lipinski definition) is 1. The largest absolute Gasteiger partial charge is 0.377 e. The standard InChI is InChI=1S/C14H26N4O2/c1-6-15-7-11-10(2)16-17(3)14(11)18-8-12(19-4)13(9-18)20-5/h12-13,15H,6-9H2,1-5H3. The maximum atomic E-state index is 5.52. The molecular formula is C14H26N4O2. The minimum atomic E-state index is 0.113. The molecule has 114 valence electrons. The lowest BCUT2D eigenvalue weighted by Gasteiger charge is -2.20. The van der Waals surface area contributed by atoms with Gasteiger partial charge in [-0.3, -0.25) is 4.68 Å². The summed E-state index contributed by atoms with van der Waals surface area (Å²) >= 11 is 0. The van der Waals surface area contributed by atoms with Gasteiger partial charge in [0.05, 0.1) is 5.69 Å². The number of ether oxygens (including phenoxy) is 2. The third-order valence-corrected chi connectivity index (χ3v) is 3.99. The maximum absolute atomic E-state index is 5.52. The zero-order chi connectivity index (χ0) is 14.7. The minimum Gasteiger partial charge on any atom is -0.377 e. The van der Waals surface area contributed by atoms with Crippen molar-refractivity contribution in [1.82, 2.24) is 15.1 Å². The first-order valence-corrected chi connectivity index (χ1v) is 7.16. The van der Waals surface area contributed by atoms with E-state index in [0.717, 1.165) is 31.9 Å². The number of rotatable bonds is 6. The summed E-state index contributed by atoms with van der Waals surface area (Å²) in [4.78, 5) is 2.31. The maximum Gasteiger partial charge on any atom is 0.131 e. The van der Waals surface area contributed by atoms with Gasteiger partial charge in [-0.1, -0.05) is 6.92 Å². The van der Waals surface area contributed by atoms with Gasteiger partial charge in [0.2, 0.25) is 0 Å². The predicted octanol–water partition coefficient (Wildman–Crippen LogP) is 0.688. The molecule has 1 aromatic rings. The molecule has 1 N–H and O–H groups in total. The van der Waals surface area contributed by atoms with Crippen molar-refractivity contribution >= 4 is 5.82 Å². The van der Waals surface area contributed by atoms with E-state index < -0.39 is 0 Å². The number of nitrogens with one attached hydrogen (secondary N) is 1. The Labute approximate surface area is 121 Å². The first kappa shape index (κ1) is 15.3. The van der Waals surface area contributed by atoms with E-state index in [9.17, 15) is 0 Å². The van der Waals surface area contributed by atoms with Crippen LogP contribution in [0.1, 0.15) is 18.2 Å². The molecule has 0 bridgehead atoms. The molecule has 1 saturated heterocycles. The summed E-state index contributed by atoms with van der Waals surface area (Å²) in [5, 5.41) is 7.95.